The SMILES string of the molecule is CCCCOC(=O)[C@@H](N)CCC(=O)N1CCC(Nc2nc(NCCc3cn(CCCNCCCNC4CCCCC4)nn3)nc3ccccc23)CC1. The standard InChI is InChI=1S/C38H61N11O3/c1-2-3-27-52-37(51)33(39)15-16-35(50)48-25-18-30(19-26-48)43-36-32-13-7-8-14-34(32)44-38(45-36)42-23-17-31-28-49(47-46-31)24-10-21-40-20-9-22-41-29-11-5-4-6-12-29/h7-8,13-14,28-30,33,40-41H,2-6,9-12,15-27,39H2,1H3,(H2,42,43,44,45)/t33-/m0/s1. The highest BCUT2D eigenvalue weighted by atomic mass is 16.5. The lowest BCUT2D eigenvalue weighted by Gasteiger charge is -2.33. The predicted octanol–water partition coefficient (Wildman–Crippen LogP) is 4.02. The molecule has 14 nitrogen and oxygen atoms in total. The molecule has 6 N–H and O–H groups in total. The van der Waals surface area contributed by atoms with E-state index in [4.69, 9.17) is 20.4 Å². The molecule has 0 bridgehead atoms. The lowest BCUT2D eigenvalue weighted by Crippen LogP contribution is -2.43. The van der Waals surface area contributed by atoms with Crippen molar-refractivity contribution in [3.63, 3.8) is 0 Å². The largest absolute Gasteiger partial charge is 0.465 e. The van der Waals surface area contributed by atoms with Crippen LogP contribution in [0.15, 0.2) is 30.5 Å². The van der Waals surface area contributed by atoms with Crippen LogP contribution in [0.2, 0.25) is 0 Å². The van der Waals surface area contributed by atoms with Crippen molar-refractivity contribution in [2.75, 3.05) is 56.5 Å². The molecule has 1 aliphatic heterocycles. The molecule has 1 saturated heterocycles. The first-order valence-corrected chi connectivity index (χ1v) is 19.8. The molecule has 0 spiro atoms. The predicted molar refractivity (Wildman–Crippen MR) is 205 cm³/mol. The Morgan fingerprint density at radius 2 is 1.77 bits per heavy atom. The minimum absolute atomic E-state index is 0.0228. The van der Waals surface area contributed by atoms with Crippen LogP contribution < -0.4 is 27.0 Å². The van der Waals surface area contributed by atoms with E-state index in [-0.39, 0.29) is 18.4 Å². The Kier molecular flexibility index (Phi) is 16.3. The van der Waals surface area contributed by atoms with Gasteiger partial charge in [-0.1, -0.05) is 50.0 Å². The van der Waals surface area contributed by atoms with Crippen LogP contribution in [0.4, 0.5) is 11.8 Å². The van der Waals surface area contributed by atoms with Crippen molar-refractivity contribution in [3.05, 3.63) is 36.2 Å². The Morgan fingerprint density at radius 1 is 0.962 bits per heavy atom. The van der Waals surface area contributed by atoms with E-state index in [1.165, 1.54) is 32.1 Å². The molecule has 14 heteroatoms. The lowest BCUT2D eigenvalue weighted by atomic mass is 9.95. The Bertz CT molecular complexity index is 1500. The normalized spacial score (nSPS) is 16.2. The third-order valence-electron chi connectivity index (χ3n) is 10.1. The minimum Gasteiger partial charge on any atom is -0.465 e. The molecule has 1 aromatic carbocycles. The van der Waals surface area contributed by atoms with Gasteiger partial charge in [-0.25, -0.2) is 4.98 Å². The average Bonchev–Trinajstić information content (AvgIpc) is 3.63. The maximum Gasteiger partial charge on any atom is 0.322 e. The number of carbonyl (C=O) groups excluding carboxylic acids is 2. The van der Waals surface area contributed by atoms with Gasteiger partial charge in [-0.2, -0.15) is 4.98 Å². The number of nitrogens with zero attached hydrogens (tertiary/aromatic N) is 6. The fourth-order valence-electron chi connectivity index (χ4n) is 6.89. The second-order valence-electron chi connectivity index (χ2n) is 14.3. The molecule has 0 unspecified atom stereocenters. The number of hydrogen-bond donors (Lipinski definition) is 5. The molecule has 1 aliphatic carbocycles. The topological polar surface area (TPSA) is 177 Å². The van der Waals surface area contributed by atoms with Crippen molar-refractivity contribution in [2.45, 2.75) is 121 Å². The number of carbonyl (C=O) groups is 2. The van der Waals surface area contributed by atoms with E-state index in [1.807, 2.05) is 47.0 Å². The van der Waals surface area contributed by atoms with Crippen LogP contribution in [0.1, 0.15) is 96.1 Å². The second-order valence-corrected chi connectivity index (χ2v) is 14.3. The summed E-state index contributed by atoms with van der Waals surface area (Å²) in [5.41, 5.74) is 7.77. The molecule has 0 radical (unpaired) electrons. The number of benzene rings is 1. The van der Waals surface area contributed by atoms with Crippen molar-refractivity contribution in [1.82, 2.24) is 40.5 Å². The second kappa shape index (κ2) is 21.6. The van der Waals surface area contributed by atoms with Gasteiger partial charge in [0.05, 0.1) is 17.8 Å². The van der Waals surface area contributed by atoms with Gasteiger partial charge in [0.2, 0.25) is 11.9 Å². The number of anilines is 2. The number of rotatable bonds is 22. The molecule has 2 fully saturated rings. The summed E-state index contributed by atoms with van der Waals surface area (Å²) in [6.45, 7) is 8.26. The minimum atomic E-state index is -0.770. The van der Waals surface area contributed by atoms with E-state index in [0.717, 1.165) is 93.2 Å². The Hall–Kier alpha value is -3.88. The number of nitrogens with two attached hydrogens (primary N) is 1. The molecular formula is C38H61N11O3. The Labute approximate surface area is 308 Å². The fourth-order valence-corrected chi connectivity index (χ4v) is 6.89. The van der Waals surface area contributed by atoms with Gasteiger partial charge in [0.25, 0.3) is 0 Å². The molecule has 2 aliphatic rings. The molecular weight excluding hydrogens is 658 g/mol. The zero-order valence-corrected chi connectivity index (χ0v) is 31.2. The van der Waals surface area contributed by atoms with Crippen LogP contribution in [-0.2, 0) is 27.3 Å². The number of aryl methyl sites for hydroxylation is 1. The number of fused-ring (bicyclic) bond motifs is 1. The number of amides is 1. The summed E-state index contributed by atoms with van der Waals surface area (Å²) < 4.78 is 7.12. The van der Waals surface area contributed by atoms with Gasteiger partial charge in [0, 0.05) is 62.7 Å². The first kappa shape index (κ1) is 39.3. The molecule has 2 aromatic heterocycles. The van der Waals surface area contributed by atoms with E-state index in [2.05, 4.69) is 31.6 Å². The highest BCUT2D eigenvalue weighted by Crippen LogP contribution is 2.25. The van der Waals surface area contributed by atoms with E-state index in [1.54, 1.807) is 0 Å². The fraction of sp³-hybridized carbons (Fsp3) is 0.684. The molecule has 52 heavy (non-hydrogen) atoms. The van der Waals surface area contributed by atoms with E-state index < -0.39 is 12.0 Å². The molecule has 5 rings (SSSR count). The van der Waals surface area contributed by atoms with Gasteiger partial charge < -0.3 is 36.6 Å². The molecule has 1 saturated carbocycles. The van der Waals surface area contributed by atoms with Crippen molar-refractivity contribution in [1.29, 1.82) is 0 Å². The molecule has 3 heterocycles. The van der Waals surface area contributed by atoms with Crippen molar-refractivity contribution in [3.8, 4) is 0 Å². The number of para-hydroxylation sites is 1. The molecule has 3 aromatic rings. The number of likely N-dealkylation sites (tertiary alicyclic amines) is 1. The van der Waals surface area contributed by atoms with Crippen molar-refractivity contribution < 1.29 is 14.3 Å². The van der Waals surface area contributed by atoms with Gasteiger partial charge in [0.1, 0.15) is 11.9 Å². The number of hydrogen-bond acceptors (Lipinski definition) is 12. The summed E-state index contributed by atoms with van der Waals surface area (Å²) in [5, 5.41) is 23.9. The summed E-state index contributed by atoms with van der Waals surface area (Å²) in [6, 6.07) is 8.12. The van der Waals surface area contributed by atoms with Gasteiger partial charge >= 0.3 is 5.97 Å². The maximum atomic E-state index is 12.9. The van der Waals surface area contributed by atoms with E-state index in [9.17, 15) is 9.59 Å². The average molecular weight is 720 g/mol. The zero-order valence-electron chi connectivity index (χ0n) is 31.2. The first-order chi connectivity index (χ1) is 25.5. The third kappa shape index (κ3) is 13.0. The van der Waals surface area contributed by atoms with Gasteiger partial charge in [0.15, 0.2) is 0 Å². The third-order valence-corrected chi connectivity index (χ3v) is 10.1. The zero-order chi connectivity index (χ0) is 36.4. The summed E-state index contributed by atoms with van der Waals surface area (Å²) in [6.07, 6.45) is 15.6. The molecule has 286 valence electrons. The van der Waals surface area contributed by atoms with Crippen LogP contribution in [0.25, 0.3) is 10.9 Å². The van der Waals surface area contributed by atoms with Crippen LogP contribution >= 0.6 is 0 Å². The smallest absolute Gasteiger partial charge is 0.322 e. The van der Waals surface area contributed by atoms with Crippen LogP contribution in [0, 0.1) is 0 Å². The van der Waals surface area contributed by atoms with Gasteiger partial charge in [-0.05, 0) is 83.1 Å². The number of unbranched alkanes of at least 4 members (excludes halogenated alkanes) is 1. The van der Waals surface area contributed by atoms with Crippen molar-refractivity contribution >= 4 is 34.5 Å². The number of piperidine rings is 1. The quantitative estimate of drug-likeness (QED) is 0.0746. The highest BCUT2D eigenvalue weighted by Gasteiger charge is 2.25. The van der Waals surface area contributed by atoms with Gasteiger partial charge in [-0.15, -0.1) is 5.10 Å². The summed E-state index contributed by atoms with van der Waals surface area (Å²) in [5.74, 6) is 0.936. The monoisotopic (exact) mass is 719 g/mol. The number of aromatic nitrogens is 5. The Morgan fingerprint density at radius 3 is 2.60 bits per heavy atom. The number of ether oxygens (including phenoxy) is 1. The van der Waals surface area contributed by atoms with Crippen molar-refractivity contribution in [2.24, 2.45) is 5.73 Å². The first-order valence-electron chi connectivity index (χ1n) is 19.8. The number of nitrogens with one attached hydrogen (secondary N) is 4. The molecule has 1 atom stereocenters. The van der Waals surface area contributed by atoms with Crippen LogP contribution in [0.5, 0.6) is 0 Å². The highest BCUT2D eigenvalue weighted by molar-refractivity contribution is 5.90. The van der Waals surface area contributed by atoms with Gasteiger partial charge in [-0.3, -0.25) is 14.3 Å². The van der Waals surface area contributed by atoms with Crippen LogP contribution in [-0.4, -0.2) is 106 Å². The lowest BCUT2D eigenvalue weighted by molar-refractivity contribution is -0.145. The maximum absolute atomic E-state index is 12.9. The molecule has 1 amide bonds. The Balaban J connectivity index is 0.997. The summed E-state index contributed by atoms with van der Waals surface area (Å²) in [4.78, 5) is 36.4. The summed E-state index contributed by atoms with van der Waals surface area (Å²) in [7, 11) is 0. The number of esters is 1. The van der Waals surface area contributed by atoms with E-state index in [0.29, 0.717) is 45.0 Å². The summed E-state index contributed by atoms with van der Waals surface area (Å²) >= 11 is 0. The van der Waals surface area contributed by atoms with E-state index >= 15 is 0 Å². The van der Waals surface area contributed by atoms with Crippen LogP contribution in [0.3, 0.4) is 0 Å².